The van der Waals surface area contributed by atoms with E-state index >= 15 is 0 Å². The summed E-state index contributed by atoms with van der Waals surface area (Å²) in [5.74, 6) is -0.377. The molecule has 0 fully saturated rings. The van der Waals surface area contributed by atoms with Crippen LogP contribution in [0.5, 0.6) is 0 Å². The summed E-state index contributed by atoms with van der Waals surface area (Å²) in [6, 6.07) is 20.9. The van der Waals surface area contributed by atoms with Crippen LogP contribution in [-0.4, -0.2) is 15.8 Å². The van der Waals surface area contributed by atoms with Crippen molar-refractivity contribution in [2.45, 2.75) is 6.92 Å². The van der Waals surface area contributed by atoms with Crippen molar-refractivity contribution in [1.82, 2.24) is 4.98 Å². The first-order valence-electron chi connectivity index (χ1n) is 9.14. The number of aromatic nitrogens is 1. The average molecular weight is 418 g/mol. The normalized spacial score (nSPS) is 10.7. The SMILES string of the molecule is Cc1ccc(-c2cc(C(=O)Nc3ccc([N+](=O)[O-])cc3Cl)c3ccccc3n2)cc1. The Kier molecular flexibility index (Phi) is 5.16. The zero-order valence-electron chi connectivity index (χ0n) is 15.9. The monoisotopic (exact) mass is 417 g/mol. The Balaban J connectivity index is 1.76. The molecule has 0 spiro atoms. The van der Waals surface area contributed by atoms with E-state index in [4.69, 9.17) is 16.6 Å². The number of nitrogens with zero attached hydrogens (tertiary/aromatic N) is 2. The molecule has 148 valence electrons. The molecule has 1 heterocycles. The number of fused-ring (bicyclic) bond motifs is 1. The lowest BCUT2D eigenvalue weighted by Crippen LogP contribution is -2.13. The highest BCUT2D eigenvalue weighted by molar-refractivity contribution is 6.34. The minimum Gasteiger partial charge on any atom is -0.321 e. The largest absolute Gasteiger partial charge is 0.321 e. The minimum atomic E-state index is -0.540. The molecule has 30 heavy (non-hydrogen) atoms. The second-order valence-electron chi connectivity index (χ2n) is 6.81. The Morgan fingerprint density at radius 3 is 2.47 bits per heavy atom. The summed E-state index contributed by atoms with van der Waals surface area (Å²) >= 11 is 6.13. The van der Waals surface area contributed by atoms with Gasteiger partial charge in [0.1, 0.15) is 0 Å². The zero-order valence-corrected chi connectivity index (χ0v) is 16.7. The van der Waals surface area contributed by atoms with Gasteiger partial charge in [0.05, 0.1) is 32.4 Å². The summed E-state index contributed by atoms with van der Waals surface area (Å²) in [6.07, 6.45) is 0. The third-order valence-electron chi connectivity index (χ3n) is 4.72. The van der Waals surface area contributed by atoms with E-state index in [9.17, 15) is 14.9 Å². The number of amides is 1. The van der Waals surface area contributed by atoms with Crippen LogP contribution in [0.1, 0.15) is 15.9 Å². The number of nitro benzene ring substituents is 1. The zero-order chi connectivity index (χ0) is 21.3. The molecule has 6 nitrogen and oxygen atoms in total. The lowest BCUT2D eigenvalue weighted by Gasteiger charge is -2.12. The van der Waals surface area contributed by atoms with Gasteiger partial charge in [-0.1, -0.05) is 59.6 Å². The summed E-state index contributed by atoms with van der Waals surface area (Å²) in [4.78, 5) is 28.2. The Labute approximate surface area is 177 Å². The highest BCUT2D eigenvalue weighted by Crippen LogP contribution is 2.29. The Morgan fingerprint density at radius 1 is 1.03 bits per heavy atom. The summed E-state index contributed by atoms with van der Waals surface area (Å²) in [5.41, 5.74) is 3.98. The summed E-state index contributed by atoms with van der Waals surface area (Å²) in [7, 11) is 0. The maximum Gasteiger partial charge on any atom is 0.271 e. The molecule has 0 aliphatic carbocycles. The van der Waals surface area contributed by atoms with Crippen molar-refractivity contribution >= 4 is 39.8 Å². The van der Waals surface area contributed by atoms with Crippen molar-refractivity contribution in [3.8, 4) is 11.3 Å². The smallest absolute Gasteiger partial charge is 0.271 e. The molecule has 0 unspecified atom stereocenters. The van der Waals surface area contributed by atoms with Crippen LogP contribution in [0.15, 0.2) is 72.8 Å². The van der Waals surface area contributed by atoms with Gasteiger partial charge in [-0.25, -0.2) is 4.98 Å². The van der Waals surface area contributed by atoms with Crippen molar-refractivity contribution in [3.63, 3.8) is 0 Å². The first-order chi connectivity index (χ1) is 14.4. The number of anilines is 1. The predicted octanol–water partition coefficient (Wildman–Crippen LogP) is 6.02. The molecule has 0 aliphatic rings. The van der Waals surface area contributed by atoms with E-state index in [0.29, 0.717) is 27.8 Å². The standard InChI is InChI=1S/C23H16ClN3O3/c1-14-6-8-15(9-7-14)22-13-18(17-4-2-3-5-20(17)25-22)23(28)26-21-11-10-16(27(29)30)12-19(21)24/h2-13H,1H3,(H,26,28). The molecule has 4 rings (SSSR count). The van der Waals surface area contributed by atoms with Crippen LogP contribution in [0, 0.1) is 17.0 Å². The number of para-hydroxylation sites is 1. The van der Waals surface area contributed by atoms with Gasteiger partial charge in [0.25, 0.3) is 11.6 Å². The highest BCUT2D eigenvalue weighted by Gasteiger charge is 2.16. The number of halogens is 1. The Morgan fingerprint density at radius 2 is 1.77 bits per heavy atom. The maximum atomic E-state index is 13.1. The summed E-state index contributed by atoms with van der Waals surface area (Å²) in [6.45, 7) is 2.00. The van der Waals surface area contributed by atoms with Gasteiger partial charge in [0.2, 0.25) is 0 Å². The Bertz CT molecular complexity index is 1290. The number of non-ortho nitro benzene ring substituents is 1. The van der Waals surface area contributed by atoms with Gasteiger partial charge in [0.15, 0.2) is 0 Å². The lowest BCUT2D eigenvalue weighted by molar-refractivity contribution is -0.384. The molecule has 3 aromatic carbocycles. The van der Waals surface area contributed by atoms with Crippen LogP contribution >= 0.6 is 11.6 Å². The number of hydrogen-bond donors (Lipinski definition) is 1. The van der Waals surface area contributed by atoms with E-state index in [1.807, 2.05) is 55.5 Å². The van der Waals surface area contributed by atoms with Gasteiger partial charge < -0.3 is 5.32 Å². The molecule has 0 radical (unpaired) electrons. The Hall–Kier alpha value is -3.77. The van der Waals surface area contributed by atoms with E-state index in [1.165, 1.54) is 18.2 Å². The van der Waals surface area contributed by atoms with E-state index in [2.05, 4.69) is 5.32 Å². The maximum absolute atomic E-state index is 13.1. The topological polar surface area (TPSA) is 85.1 Å². The van der Waals surface area contributed by atoms with Crippen LogP contribution in [0.4, 0.5) is 11.4 Å². The molecule has 0 atom stereocenters. The molecule has 0 aliphatic heterocycles. The number of nitrogens with one attached hydrogen (secondary N) is 1. The molecule has 0 saturated carbocycles. The predicted molar refractivity (Wildman–Crippen MR) is 118 cm³/mol. The number of hydrogen-bond acceptors (Lipinski definition) is 4. The van der Waals surface area contributed by atoms with Crippen LogP contribution in [0.2, 0.25) is 5.02 Å². The second kappa shape index (κ2) is 7.93. The van der Waals surface area contributed by atoms with Crippen molar-refractivity contribution < 1.29 is 9.72 Å². The number of benzene rings is 3. The molecular formula is C23H16ClN3O3. The minimum absolute atomic E-state index is 0.0923. The molecule has 7 heteroatoms. The van der Waals surface area contributed by atoms with Crippen molar-refractivity contribution in [3.05, 3.63) is 99.1 Å². The van der Waals surface area contributed by atoms with Gasteiger partial charge in [0, 0.05) is 23.1 Å². The highest BCUT2D eigenvalue weighted by atomic mass is 35.5. The molecule has 1 N–H and O–H groups in total. The van der Waals surface area contributed by atoms with Crippen LogP contribution in [0.3, 0.4) is 0 Å². The van der Waals surface area contributed by atoms with Gasteiger partial charge in [-0.05, 0) is 25.1 Å². The fourth-order valence-corrected chi connectivity index (χ4v) is 3.37. The fraction of sp³-hybridized carbons (Fsp3) is 0.0435. The summed E-state index contributed by atoms with van der Waals surface area (Å²) in [5, 5.41) is 14.4. The summed E-state index contributed by atoms with van der Waals surface area (Å²) < 4.78 is 0. The van der Waals surface area contributed by atoms with E-state index in [1.54, 1.807) is 6.07 Å². The first kappa shape index (κ1) is 19.5. The van der Waals surface area contributed by atoms with Crippen LogP contribution < -0.4 is 5.32 Å². The number of pyridine rings is 1. The molecular weight excluding hydrogens is 402 g/mol. The third-order valence-corrected chi connectivity index (χ3v) is 5.03. The first-order valence-corrected chi connectivity index (χ1v) is 9.52. The lowest BCUT2D eigenvalue weighted by atomic mass is 10.0. The van der Waals surface area contributed by atoms with Crippen molar-refractivity contribution in [1.29, 1.82) is 0 Å². The third kappa shape index (κ3) is 3.86. The van der Waals surface area contributed by atoms with Crippen molar-refractivity contribution in [2.75, 3.05) is 5.32 Å². The number of nitro groups is 1. The van der Waals surface area contributed by atoms with Gasteiger partial charge in [-0.15, -0.1) is 0 Å². The number of carbonyl (C=O) groups is 1. The van der Waals surface area contributed by atoms with Crippen LogP contribution in [0.25, 0.3) is 22.2 Å². The van der Waals surface area contributed by atoms with Crippen LogP contribution in [-0.2, 0) is 0 Å². The second-order valence-corrected chi connectivity index (χ2v) is 7.22. The molecule has 1 aromatic heterocycles. The number of carbonyl (C=O) groups excluding carboxylic acids is 1. The van der Waals surface area contributed by atoms with Gasteiger partial charge in [-0.3, -0.25) is 14.9 Å². The van der Waals surface area contributed by atoms with Crippen molar-refractivity contribution in [2.24, 2.45) is 0 Å². The van der Waals surface area contributed by atoms with E-state index in [-0.39, 0.29) is 16.6 Å². The van der Waals surface area contributed by atoms with Gasteiger partial charge in [-0.2, -0.15) is 0 Å². The average Bonchev–Trinajstić information content (AvgIpc) is 2.74. The molecule has 4 aromatic rings. The van der Waals surface area contributed by atoms with Gasteiger partial charge >= 0.3 is 0 Å². The van der Waals surface area contributed by atoms with E-state index < -0.39 is 4.92 Å². The number of aryl methyl sites for hydroxylation is 1. The number of rotatable bonds is 4. The molecule has 0 bridgehead atoms. The quantitative estimate of drug-likeness (QED) is 0.324. The fourth-order valence-electron chi connectivity index (χ4n) is 3.14. The molecule has 0 saturated heterocycles. The van der Waals surface area contributed by atoms with E-state index in [0.717, 1.165) is 11.1 Å². The molecule has 1 amide bonds.